The van der Waals surface area contributed by atoms with E-state index in [-0.39, 0.29) is 45.4 Å². The van der Waals surface area contributed by atoms with Crippen molar-refractivity contribution in [3.63, 3.8) is 0 Å². The number of carbonyl (C=O) groups is 2. The van der Waals surface area contributed by atoms with Gasteiger partial charge in [0.1, 0.15) is 11.7 Å². The normalized spacial score (nSPS) is 17.6. The van der Waals surface area contributed by atoms with E-state index in [0.29, 0.717) is 41.4 Å². The molecule has 3 heterocycles. The third kappa shape index (κ3) is 5.89. The first kappa shape index (κ1) is 28.1. The highest BCUT2D eigenvalue weighted by atomic mass is 32.2. The molecule has 2 amide bonds. The summed E-state index contributed by atoms with van der Waals surface area (Å²) in [5, 5.41) is 11.4. The van der Waals surface area contributed by atoms with E-state index >= 15 is 0 Å². The second-order valence-electron chi connectivity index (χ2n) is 9.88. The number of aromatic nitrogens is 5. The number of nitrogens with zero attached hydrogens (tertiary/aromatic N) is 5. The predicted octanol–water partition coefficient (Wildman–Crippen LogP) is 2.85. The largest absolute Gasteiger partial charge is 0.474 e. The lowest BCUT2D eigenvalue weighted by Gasteiger charge is -2.29. The number of nitrogens with one attached hydrogen (secondary N) is 1. The molecule has 5 rings (SSSR count). The molecule has 0 spiro atoms. The first-order valence-electron chi connectivity index (χ1n) is 12.7. The number of aryl methyl sites for hydroxylation is 1. The van der Waals surface area contributed by atoms with E-state index < -0.39 is 28.2 Å². The van der Waals surface area contributed by atoms with Gasteiger partial charge in [0.2, 0.25) is 5.88 Å². The summed E-state index contributed by atoms with van der Waals surface area (Å²) in [6, 6.07) is 7.98. The quantitative estimate of drug-likeness (QED) is 0.318. The maximum absolute atomic E-state index is 13.7. The number of fused-ring (bicyclic) bond motifs is 1. The molecule has 1 aliphatic carbocycles. The van der Waals surface area contributed by atoms with Gasteiger partial charge >= 0.3 is 6.55 Å². The van der Waals surface area contributed by atoms with E-state index in [9.17, 15) is 26.8 Å². The molecule has 3 N–H and O–H groups in total. The minimum absolute atomic E-state index is 0.0227. The lowest BCUT2D eigenvalue weighted by molar-refractivity contribution is 0.0577. The highest BCUT2D eigenvalue weighted by Gasteiger charge is 2.28. The van der Waals surface area contributed by atoms with Gasteiger partial charge in [0.25, 0.3) is 11.8 Å². The minimum Gasteiger partial charge on any atom is -0.474 e. The summed E-state index contributed by atoms with van der Waals surface area (Å²) in [6.45, 7) is -3.02. The number of benzene rings is 1. The van der Waals surface area contributed by atoms with Crippen LogP contribution in [0.25, 0.3) is 22.3 Å². The van der Waals surface area contributed by atoms with Crippen molar-refractivity contribution in [2.45, 2.75) is 49.3 Å². The highest BCUT2D eigenvalue weighted by molar-refractivity contribution is 7.90. The number of alkyl halides is 2. The van der Waals surface area contributed by atoms with Crippen molar-refractivity contribution >= 4 is 32.7 Å². The van der Waals surface area contributed by atoms with Crippen LogP contribution in [0.5, 0.6) is 5.88 Å². The Morgan fingerprint density at radius 3 is 2.41 bits per heavy atom. The van der Waals surface area contributed by atoms with Gasteiger partial charge in [-0.05, 0) is 49.9 Å². The number of halogens is 2. The maximum Gasteiger partial charge on any atom is 0.333 e. The third-order valence-corrected chi connectivity index (χ3v) is 8.09. The summed E-state index contributed by atoms with van der Waals surface area (Å²) in [6.07, 6.45) is 4.49. The Morgan fingerprint density at radius 1 is 1.12 bits per heavy atom. The molecule has 41 heavy (non-hydrogen) atoms. The molecule has 3 aromatic heterocycles. The summed E-state index contributed by atoms with van der Waals surface area (Å²) >= 11 is 0. The number of amides is 2. The topological polar surface area (TPSA) is 164 Å². The molecule has 1 fully saturated rings. The van der Waals surface area contributed by atoms with Gasteiger partial charge in [0.15, 0.2) is 21.2 Å². The number of ether oxygens (including phenoxy) is 1. The molecule has 0 aliphatic heterocycles. The van der Waals surface area contributed by atoms with Crippen LogP contribution in [0, 0.1) is 0 Å². The van der Waals surface area contributed by atoms with E-state index in [1.165, 1.54) is 30.3 Å². The van der Waals surface area contributed by atoms with Gasteiger partial charge in [-0.2, -0.15) is 24.0 Å². The zero-order valence-corrected chi connectivity index (χ0v) is 22.9. The Hall–Kier alpha value is -4.40. The Kier molecular flexibility index (Phi) is 7.46. The van der Waals surface area contributed by atoms with Crippen molar-refractivity contribution in [2.24, 2.45) is 12.8 Å². The lowest BCUT2D eigenvalue weighted by atomic mass is 9.93. The maximum atomic E-state index is 13.7. The van der Waals surface area contributed by atoms with Gasteiger partial charge < -0.3 is 15.8 Å². The van der Waals surface area contributed by atoms with Crippen molar-refractivity contribution in [1.82, 2.24) is 29.9 Å². The second-order valence-corrected chi connectivity index (χ2v) is 11.9. The van der Waals surface area contributed by atoms with Crippen LogP contribution in [0.2, 0.25) is 0 Å². The Balaban J connectivity index is 1.25. The standard InChI is InChI=1S/C26H27F2N7O5S/c1-34-23-15(13-30-34)11-19(22(29)36)25(32-23)40-17-7-5-16(6-8-17)31-24(37)20-12-21(35(33-20)26(27)28)14-3-9-18(10-4-14)41(2,38)39/h3-4,9-13,16-17,26H,5-8H2,1-2H3,(H2,29,36)(H,31,37)/t16-,17-. The Bertz CT molecular complexity index is 1730. The van der Waals surface area contributed by atoms with Gasteiger partial charge in [0, 0.05) is 30.3 Å². The summed E-state index contributed by atoms with van der Waals surface area (Å²) in [5.41, 5.74) is 6.30. The van der Waals surface area contributed by atoms with Crippen LogP contribution in [0.15, 0.2) is 47.5 Å². The molecule has 0 saturated heterocycles. The van der Waals surface area contributed by atoms with Gasteiger partial charge in [-0.25, -0.2) is 13.1 Å². The average Bonchev–Trinajstić information content (AvgIpc) is 3.53. The van der Waals surface area contributed by atoms with Crippen molar-refractivity contribution in [1.29, 1.82) is 0 Å². The molecule has 1 saturated carbocycles. The number of pyridine rings is 1. The van der Waals surface area contributed by atoms with Crippen molar-refractivity contribution in [3.8, 4) is 17.1 Å². The first-order valence-corrected chi connectivity index (χ1v) is 14.6. The van der Waals surface area contributed by atoms with E-state index in [1.807, 2.05) is 0 Å². The SMILES string of the molecule is Cn1ncc2cc(C(N)=O)c(O[C@H]3CC[C@H](NC(=O)c4cc(-c5ccc(S(C)(=O)=O)cc5)n(C(F)F)n4)CC3)nc21. The molecule has 15 heteroatoms. The van der Waals surface area contributed by atoms with Crippen LogP contribution in [0.4, 0.5) is 8.78 Å². The molecule has 0 unspecified atom stereocenters. The fourth-order valence-electron chi connectivity index (χ4n) is 4.81. The predicted molar refractivity (Wildman–Crippen MR) is 143 cm³/mol. The molecule has 4 aromatic rings. The number of sulfone groups is 1. The first-order chi connectivity index (χ1) is 19.4. The van der Waals surface area contributed by atoms with Crippen molar-refractivity contribution < 1.29 is 31.5 Å². The minimum atomic E-state index is -3.46. The summed E-state index contributed by atoms with van der Waals surface area (Å²) in [4.78, 5) is 29.4. The number of carbonyl (C=O) groups excluding carboxylic acids is 2. The molecule has 216 valence electrons. The smallest absolute Gasteiger partial charge is 0.333 e. The fourth-order valence-corrected chi connectivity index (χ4v) is 5.44. The van der Waals surface area contributed by atoms with Gasteiger partial charge in [0.05, 0.1) is 16.8 Å². The number of rotatable bonds is 8. The number of hydrogen-bond donors (Lipinski definition) is 2. The fraction of sp³-hybridized carbons (Fsp3) is 0.346. The monoisotopic (exact) mass is 587 g/mol. The number of nitrogens with two attached hydrogens (primary N) is 1. The highest BCUT2D eigenvalue weighted by Crippen LogP contribution is 2.29. The molecule has 1 aliphatic rings. The third-order valence-electron chi connectivity index (χ3n) is 6.96. The second kappa shape index (κ2) is 10.9. The molecule has 0 bridgehead atoms. The lowest BCUT2D eigenvalue weighted by Crippen LogP contribution is -2.40. The van der Waals surface area contributed by atoms with Crippen LogP contribution in [-0.4, -0.2) is 63.2 Å². The molecular weight excluding hydrogens is 560 g/mol. The average molecular weight is 588 g/mol. The Morgan fingerprint density at radius 2 is 1.80 bits per heavy atom. The molecular formula is C26H27F2N7O5S. The van der Waals surface area contributed by atoms with E-state index in [2.05, 4.69) is 20.5 Å². The van der Waals surface area contributed by atoms with E-state index in [4.69, 9.17) is 10.5 Å². The Labute approximate surface area is 233 Å². The number of primary amides is 1. The van der Waals surface area contributed by atoms with Gasteiger partial charge in [-0.1, -0.05) is 12.1 Å². The molecule has 1 aromatic carbocycles. The molecule has 0 atom stereocenters. The summed E-state index contributed by atoms with van der Waals surface area (Å²) < 4.78 is 58.9. The van der Waals surface area contributed by atoms with Crippen molar-refractivity contribution in [3.05, 3.63) is 53.9 Å². The summed E-state index contributed by atoms with van der Waals surface area (Å²) in [7, 11) is -1.74. The zero-order valence-electron chi connectivity index (χ0n) is 22.1. The van der Waals surface area contributed by atoms with Crippen LogP contribution in [0.1, 0.15) is 53.1 Å². The number of hydrogen-bond acceptors (Lipinski definition) is 8. The zero-order chi connectivity index (χ0) is 29.5. The summed E-state index contributed by atoms with van der Waals surface area (Å²) in [5.74, 6) is -1.16. The van der Waals surface area contributed by atoms with Gasteiger partial charge in [-0.15, -0.1) is 0 Å². The van der Waals surface area contributed by atoms with Crippen LogP contribution < -0.4 is 15.8 Å². The van der Waals surface area contributed by atoms with Gasteiger partial charge in [-0.3, -0.25) is 14.3 Å². The van der Waals surface area contributed by atoms with Crippen LogP contribution >= 0.6 is 0 Å². The van der Waals surface area contributed by atoms with Crippen LogP contribution in [-0.2, 0) is 16.9 Å². The van der Waals surface area contributed by atoms with Crippen molar-refractivity contribution in [2.75, 3.05) is 6.26 Å². The van der Waals surface area contributed by atoms with Crippen LogP contribution in [0.3, 0.4) is 0 Å². The molecule has 12 nitrogen and oxygen atoms in total. The van der Waals surface area contributed by atoms with E-state index in [1.54, 1.807) is 24.0 Å². The molecule has 0 radical (unpaired) electrons. The van der Waals surface area contributed by atoms with E-state index in [0.717, 1.165) is 6.26 Å².